The Bertz CT molecular complexity index is 931. The number of hydrogen-bond donors (Lipinski definition) is 0. The zero-order valence-corrected chi connectivity index (χ0v) is 14.8. The topological polar surface area (TPSA) is 88.2 Å². The average Bonchev–Trinajstić information content (AvgIpc) is 3.45. The molecule has 2 aromatic rings. The van der Waals surface area contributed by atoms with Crippen LogP contribution in [0.2, 0.25) is 0 Å². The van der Waals surface area contributed by atoms with Gasteiger partial charge in [0.05, 0.1) is 18.9 Å². The van der Waals surface area contributed by atoms with Crippen LogP contribution in [-0.2, 0) is 20.8 Å². The average molecular weight is 368 g/mol. The summed E-state index contributed by atoms with van der Waals surface area (Å²) in [7, 11) is 0. The van der Waals surface area contributed by atoms with Crippen LogP contribution in [0.15, 0.2) is 33.9 Å². The summed E-state index contributed by atoms with van der Waals surface area (Å²) in [6.07, 6.45) is 2.00. The lowest BCUT2D eigenvalue weighted by Crippen LogP contribution is -2.39. The first kappa shape index (κ1) is 16.3. The number of para-hydroxylation sites is 1. The summed E-state index contributed by atoms with van der Waals surface area (Å²) in [4.78, 5) is 34.5. The summed E-state index contributed by atoms with van der Waals surface area (Å²) in [5.41, 5.74) is 1.77. The fourth-order valence-corrected chi connectivity index (χ4v) is 4.14. The molecule has 0 unspecified atom stereocenters. The highest BCUT2D eigenvalue weighted by molar-refractivity contribution is 6.40. The Morgan fingerprint density at radius 2 is 1.93 bits per heavy atom. The van der Waals surface area contributed by atoms with Crippen LogP contribution in [0.1, 0.15) is 18.5 Å². The Kier molecular flexibility index (Phi) is 3.84. The van der Waals surface area contributed by atoms with E-state index in [0.717, 1.165) is 31.3 Å². The minimum absolute atomic E-state index is 0.0416. The van der Waals surface area contributed by atoms with Gasteiger partial charge in [-0.3, -0.25) is 9.59 Å². The van der Waals surface area contributed by atoms with Crippen LogP contribution in [0.4, 0.5) is 0 Å². The molecule has 2 atom stereocenters. The largest absolute Gasteiger partial charge is 0.389 e. The van der Waals surface area contributed by atoms with E-state index in [9.17, 15) is 9.59 Å². The van der Waals surface area contributed by atoms with Crippen molar-refractivity contribution in [1.29, 1.82) is 0 Å². The first-order chi connectivity index (χ1) is 13.2. The van der Waals surface area contributed by atoms with E-state index >= 15 is 0 Å². The van der Waals surface area contributed by atoms with Crippen molar-refractivity contribution in [2.24, 2.45) is 11.1 Å². The molecule has 0 N–H and O–H groups in total. The maximum Gasteiger partial charge on any atom is 0.272 e. The van der Waals surface area contributed by atoms with Crippen molar-refractivity contribution >= 4 is 28.5 Å². The summed E-state index contributed by atoms with van der Waals surface area (Å²) < 4.78 is 5.28. The van der Waals surface area contributed by atoms with Gasteiger partial charge in [0.1, 0.15) is 5.69 Å². The standard InChI is InChI=1S/C19H20N4O4/c24-17(9-14-12-5-1-2-6-15(12)26-20-14)23-10-13-16(11-23)27-21-18(13)19(25)22-7-3-4-8-22/h1-2,5-6,13,16H,3-4,7-11H2/t13-,16+/m0/s1. The summed E-state index contributed by atoms with van der Waals surface area (Å²) in [5.74, 6) is -0.229. The molecule has 0 bridgehead atoms. The van der Waals surface area contributed by atoms with Crippen molar-refractivity contribution in [2.45, 2.75) is 25.4 Å². The third kappa shape index (κ3) is 2.75. The van der Waals surface area contributed by atoms with Gasteiger partial charge in [0.25, 0.3) is 5.91 Å². The van der Waals surface area contributed by atoms with Gasteiger partial charge in [0.15, 0.2) is 17.4 Å². The van der Waals surface area contributed by atoms with Crippen LogP contribution >= 0.6 is 0 Å². The molecule has 3 aliphatic rings. The second kappa shape index (κ2) is 6.37. The normalized spacial score (nSPS) is 24.2. The van der Waals surface area contributed by atoms with Crippen LogP contribution < -0.4 is 0 Å². The van der Waals surface area contributed by atoms with E-state index in [1.54, 1.807) is 4.90 Å². The van der Waals surface area contributed by atoms with Gasteiger partial charge in [-0.05, 0) is 25.0 Å². The number of oxime groups is 1. The number of aromatic nitrogens is 1. The first-order valence-corrected chi connectivity index (χ1v) is 9.35. The molecule has 5 rings (SSSR count). The highest BCUT2D eigenvalue weighted by Crippen LogP contribution is 2.29. The molecular formula is C19H20N4O4. The van der Waals surface area contributed by atoms with E-state index in [2.05, 4.69) is 10.3 Å². The summed E-state index contributed by atoms with van der Waals surface area (Å²) in [6, 6.07) is 7.50. The first-order valence-electron chi connectivity index (χ1n) is 9.35. The molecule has 0 spiro atoms. The van der Waals surface area contributed by atoms with Gasteiger partial charge < -0.3 is 19.2 Å². The van der Waals surface area contributed by atoms with Crippen molar-refractivity contribution in [2.75, 3.05) is 26.2 Å². The molecular weight excluding hydrogens is 348 g/mol. The molecule has 3 aliphatic heterocycles. The molecule has 2 amide bonds. The number of rotatable bonds is 3. The second-order valence-electron chi connectivity index (χ2n) is 7.33. The number of amides is 2. The van der Waals surface area contributed by atoms with Gasteiger partial charge in [-0.2, -0.15) is 0 Å². The van der Waals surface area contributed by atoms with Crippen LogP contribution in [0, 0.1) is 5.92 Å². The number of nitrogens with zero attached hydrogens (tertiary/aromatic N) is 4. The highest BCUT2D eigenvalue weighted by Gasteiger charge is 2.47. The predicted octanol–water partition coefficient (Wildman–Crippen LogP) is 1.21. The van der Waals surface area contributed by atoms with E-state index < -0.39 is 0 Å². The van der Waals surface area contributed by atoms with Crippen LogP contribution in [0.5, 0.6) is 0 Å². The molecule has 2 saturated heterocycles. The second-order valence-corrected chi connectivity index (χ2v) is 7.33. The maximum atomic E-state index is 12.8. The van der Waals surface area contributed by atoms with E-state index in [0.29, 0.717) is 30.1 Å². The number of carbonyl (C=O) groups is 2. The van der Waals surface area contributed by atoms with Gasteiger partial charge in [-0.1, -0.05) is 22.4 Å². The Balaban J connectivity index is 1.27. The molecule has 4 heterocycles. The van der Waals surface area contributed by atoms with Gasteiger partial charge in [-0.25, -0.2) is 0 Å². The Morgan fingerprint density at radius 3 is 2.78 bits per heavy atom. The monoisotopic (exact) mass is 368 g/mol. The van der Waals surface area contributed by atoms with Crippen molar-refractivity contribution < 1.29 is 18.9 Å². The molecule has 1 aromatic carbocycles. The third-order valence-electron chi connectivity index (χ3n) is 5.64. The van der Waals surface area contributed by atoms with Gasteiger partial charge in [0, 0.05) is 25.0 Å². The highest BCUT2D eigenvalue weighted by atomic mass is 16.6. The van der Waals surface area contributed by atoms with Crippen LogP contribution in [0.25, 0.3) is 11.0 Å². The smallest absolute Gasteiger partial charge is 0.272 e. The molecule has 0 saturated carbocycles. The molecule has 140 valence electrons. The fraction of sp³-hybridized carbons (Fsp3) is 0.474. The number of likely N-dealkylation sites (tertiary alicyclic amines) is 2. The predicted molar refractivity (Wildman–Crippen MR) is 95.9 cm³/mol. The maximum absolute atomic E-state index is 12.8. The quantitative estimate of drug-likeness (QED) is 0.812. The lowest BCUT2D eigenvalue weighted by Gasteiger charge is -2.18. The molecule has 8 nitrogen and oxygen atoms in total. The van der Waals surface area contributed by atoms with Crippen molar-refractivity contribution in [3.05, 3.63) is 30.0 Å². The van der Waals surface area contributed by atoms with Gasteiger partial charge in [0.2, 0.25) is 5.91 Å². The van der Waals surface area contributed by atoms with E-state index in [4.69, 9.17) is 9.36 Å². The lowest BCUT2D eigenvalue weighted by atomic mass is 10.00. The van der Waals surface area contributed by atoms with E-state index in [1.807, 2.05) is 29.2 Å². The summed E-state index contributed by atoms with van der Waals surface area (Å²) >= 11 is 0. The minimum atomic E-state index is -0.232. The molecule has 1 aromatic heterocycles. The molecule has 2 fully saturated rings. The van der Waals surface area contributed by atoms with Gasteiger partial charge in [-0.15, -0.1) is 0 Å². The van der Waals surface area contributed by atoms with Crippen molar-refractivity contribution in [1.82, 2.24) is 15.0 Å². The minimum Gasteiger partial charge on any atom is -0.389 e. The molecule has 0 radical (unpaired) electrons. The van der Waals surface area contributed by atoms with Crippen molar-refractivity contribution in [3.8, 4) is 0 Å². The SMILES string of the molecule is O=C(Cc1noc2ccccc12)N1C[C@@H]2C(C(=O)N3CCCC3)=NO[C@@H]2C1. The molecule has 27 heavy (non-hydrogen) atoms. The van der Waals surface area contributed by atoms with Crippen LogP contribution in [-0.4, -0.2) is 64.8 Å². The zero-order chi connectivity index (χ0) is 18.4. The van der Waals surface area contributed by atoms with Crippen LogP contribution in [0.3, 0.4) is 0 Å². The van der Waals surface area contributed by atoms with E-state index in [-0.39, 0.29) is 30.3 Å². The fourth-order valence-electron chi connectivity index (χ4n) is 4.14. The Morgan fingerprint density at radius 1 is 1.11 bits per heavy atom. The molecule has 0 aliphatic carbocycles. The lowest BCUT2D eigenvalue weighted by molar-refractivity contribution is -0.130. The number of fused-ring (bicyclic) bond motifs is 2. The summed E-state index contributed by atoms with van der Waals surface area (Å²) in [5, 5.41) is 8.93. The van der Waals surface area contributed by atoms with Gasteiger partial charge >= 0.3 is 0 Å². The third-order valence-corrected chi connectivity index (χ3v) is 5.64. The molecule has 8 heteroatoms. The van der Waals surface area contributed by atoms with Crippen molar-refractivity contribution in [3.63, 3.8) is 0 Å². The number of carbonyl (C=O) groups excluding carboxylic acids is 2. The van der Waals surface area contributed by atoms with E-state index in [1.165, 1.54) is 0 Å². The Hall–Kier alpha value is -2.90. The summed E-state index contributed by atoms with van der Waals surface area (Å²) in [6.45, 7) is 2.45. The number of benzene rings is 1. The Labute approximate surface area is 155 Å². The number of hydrogen-bond acceptors (Lipinski definition) is 6. The zero-order valence-electron chi connectivity index (χ0n) is 14.8.